The maximum atomic E-state index is 12.1. The molecule has 0 radical (unpaired) electrons. The van der Waals surface area contributed by atoms with E-state index in [1.54, 1.807) is 0 Å². The molecular formula is C16H27NO3. The van der Waals surface area contributed by atoms with Gasteiger partial charge in [0, 0.05) is 6.42 Å². The summed E-state index contributed by atoms with van der Waals surface area (Å²) in [6.07, 6.45) is 4.34. The normalized spacial score (nSPS) is 30.8. The van der Waals surface area contributed by atoms with Crippen molar-refractivity contribution in [2.24, 2.45) is 0 Å². The molecular weight excluding hydrogens is 254 g/mol. The third-order valence-corrected chi connectivity index (χ3v) is 3.38. The highest BCUT2D eigenvalue weighted by atomic mass is 16.6. The van der Waals surface area contributed by atoms with Crippen LogP contribution in [0.4, 0.5) is 0 Å². The molecule has 2 heterocycles. The van der Waals surface area contributed by atoms with Gasteiger partial charge in [0.15, 0.2) is 0 Å². The lowest BCUT2D eigenvalue weighted by molar-refractivity contribution is -0.148. The number of hydrogen-bond acceptors (Lipinski definition) is 3. The SMILES string of the molecule is CC(C)(C)O[C@@H]1[C@@H](OC(C)(C)C)CN2C(=O)CC=C[C@@H]12. The third kappa shape index (κ3) is 3.61. The number of ether oxygens (including phenoxy) is 2. The van der Waals surface area contributed by atoms with Crippen LogP contribution in [0.15, 0.2) is 12.2 Å². The van der Waals surface area contributed by atoms with Gasteiger partial charge in [0.2, 0.25) is 5.91 Å². The molecule has 0 saturated carbocycles. The predicted molar refractivity (Wildman–Crippen MR) is 78.5 cm³/mol. The van der Waals surface area contributed by atoms with Crippen molar-refractivity contribution in [3.8, 4) is 0 Å². The van der Waals surface area contributed by atoms with E-state index in [4.69, 9.17) is 9.47 Å². The second kappa shape index (κ2) is 5.15. The summed E-state index contributed by atoms with van der Waals surface area (Å²) in [6, 6.07) is 0.00262. The van der Waals surface area contributed by atoms with Crippen LogP contribution in [0.3, 0.4) is 0 Å². The van der Waals surface area contributed by atoms with Crippen LogP contribution >= 0.6 is 0 Å². The molecule has 1 saturated heterocycles. The van der Waals surface area contributed by atoms with Gasteiger partial charge in [-0.3, -0.25) is 4.79 Å². The highest BCUT2D eigenvalue weighted by Gasteiger charge is 2.47. The standard InChI is InChI=1S/C16H27NO3/c1-15(2,3)19-12-10-17-11(8-7-9-13(17)18)14(12)20-16(4,5)6/h7-8,11-12,14H,9-10H2,1-6H3/t11-,12-,14-/m0/s1. The topological polar surface area (TPSA) is 38.8 Å². The lowest BCUT2D eigenvalue weighted by Gasteiger charge is -2.34. The number of carbonyl (C=O) groups excluding carboxylic acids is 1. The highest BCUT2D eigenvalue weighted by Crippen LogP contribution is 2.33. The van der Waals surface area contributed by atoms with Crippen LogP contribution in [-0.4, -0.2) is 46.8 Å². The smallest absolute Gasteiger partial charge is 0.227 e. The van der Waals surface area contributed by atoms with Gasteiger partial charge < -0.3 is 14.4 Å². The molecule has 20 heavy (non-hydrogen) atoms. The van der Waals surface area contributed by atoms with E-state index < -0.39 is 0 Å². The Morgan fingerprint density at radius 3 is 2.25 bits per heavy atom. The first-order valence-electron chi connectivity index (χ1n) is 7.39. The van der Waals surface area contributed by atoms with E-state index in [1.807, 2.05) is 52.5 Å². The fourth-order valence-corrected chi connectivity index (χ4v) is 2.84. The minimum Gasteiger partial charge on any atom is -0.368 e. The van der Waals surface area contributed by atoms with Crippen LogP contribution in [-0.2, 0) is 14.3 Å². The lowest BCUT2D eigenvalue weighted by atomic mass is 10.0. The molecule has 1 amide bonds. The van der Waals surface area contributed by atoms with Crippen molar-refractivity contribution in [2.75, 3.05) is 6.54 Å². The van der Waals surface area contributed by atoms with Gasteiger partial charge in [-0.05, 0) is 41.5 Å². The fourth-order valence-electron chi connectivity index (χ4n) is 2.84. The fraction of sp³-hybridized carbons (Fsp3) is 0.812. The summed E-state index contributed by atoms with van der Waals surface area (Å²) in [6.45, 7) is 12.8. The Labute approximate surface area is 122 Å². The quantitative estimate of drug-likeness (QED) is 0.730. The largest absolute Gasteiger partial charge is 0.368 e. The van der Waals surface area contributed by atoms with Crippen molar-refractivity contribution in [2.45, 2.75) is 77.4 Å². The summed E-state index contributed by atoms with van der Waals surface area (Å²) < 4.78 is 12.3. The zero-order valence-corrected chi connectivity index (χ0v) is 13.5. The van der Waals surface area contributed by atoms with Gasteiger partial charge >= 0.3 is 0 Å². The first kappa shape index (κ1) is 15.5. The first-order chi connectivity index (χ1) is 9.07. The van der Waals surface area contributed by atoms with E-state index in [2.05, 4.69) is 6.08 Å². The van der Waals surface area contributed by atoms with Crippen LogP contribution in [0.25, 0.3) is 0 Å². The summed E-state index contributed by atoms with van der Waals surface area (Å²) in [7, 11) is 0. The second-order valence-corrected chi connectivity index (χ2v) is 7.63. The van der Waals surface area contributed by atoms with Crippen LogP contribution in [0.5, 0.6) is 0 Å². The van der Waals surface area contributed by atoms with Gasteiger partial charge in [-0.15, -0.1) is 0 Å². The average Bonchev–Trinajstić information content (AvgIpc) is 2.54. The van der Waals surface area contributed by atoms with Crippen molar-refractivity contribution in [1.29, 1.82) is 0 Å². The van der Waals surface area contributed by atoms with E-state index in [0.29, 0.717) is 13.0 Å². The van der Waals surface area contributed by atoms with Gasteiger partial charge in [-0.2, -0.15) is 0 Å². The molecule has 114 valence electrons. The van der Waals surface area contributed by atoms with E-state index >= 15 is 0 Å². The minimum absolute atomic E-state index is 0.00262. The van der Waals surface area contributed by atoms with Crippen molar-refractivity contribution >= 4 is 5.91 Å². The maximum absolute atomic E-state index is 12.1. The molecule has 1 fully saturated rings. The van der Waals surface area contributed by atoms with Crippen molar-refractivity contribution < 1.29 is 14.3 Å². The van der Waals surface area contributed by atoms with Gasteiger partial charge in [0.05, 0.1) is 23.8 Å². The highest BCUT2D eigenvalue weighted by molar-refractivity contribution is 5.80. The van der Waals surface area contributed by atoms with Gasteiger partial charge in [-0.1, -0.05) is 12.2 Å². The van der Waals surface area contributed by atoms with E-state index in [0.717, 1.165) is 0 Å². The summed E-state index contributed by atoms with van der Waals surface area (Å²) in [4.78, 5) is 14.0. The van der Waals surface area contributed by atoms with Crippen molar-refractivity contribution in [3.05, 3.63) is 12.2 Å². The van der Waals surface area contributed by atoms with Crippen molar-refractivity contribution in [1.82, 2.24) is 4.90 Å². The maximum Gasteiger partial charge on any atom is 0.227 e. The predicted octanol–water partition coefficient (Wildman–Crippen LogP) is 2.52. The number of rotatable bonds is 2. The van der Waals surface area contributed by atoms with Crippen LogP contribution in [0.1, 0.15) is 48.0 Å². The van der Waals surface area contributed by atoms with Crippen molar-refractivity contribution in [3.63, 3.8) is 0 Å². The van der Waals surface area contributed by atoms with Gasteiger partial charge in [-0.25, -0.2) is 0 Å². The van der Waals surface area contributed by atoms with E-state index in [9.17, 15) is 4.79 Å². The monoisotopic (exact) mass is 281 g/mol. The Bertz CT molecular complexity index is 403. The summed E-state index contributed by atoms with van der Waals surface area (Å²) in [5.74, 6) is 0.167. The molecule has 0 aliphatic carbocycles. The van der Waals surface area contributed by atoms with Crippen LogP contribution in [0.2, 0.25) is 0 Å². The number of fused-ring (bicyclic) bond motifs is 1. The van der Waals surface area contributed by atoms with Crippen LogP contribution in [0, 0.1) is 0 Å². The summed E-state index contributed by atoms with van der Waals surface area (Å²) in [5.41, 5.74) is -0.500. The lowest BCUT2D eigenvalue weighted by Crippen LogP contribution is -2.45. The molecule has 4 heteroatoms. The molecule has 0 aromatic heterocycles. The zero-order chi connectivity index (χ0) is 15.1. The molecule has 4 nitrogen and oxygen atoms in total. The summed E-state index contributed by atoms with van der Waals surface area (Å²) in [5, 5.41) is 0. The molecule has 2 aliphatic heterocycles. The molecule has 0 spiro atoms. The van der Waals surface area contributed by atoms with E-state index in [1.165, 1.54) is 0 Å². The zero-order valence-electron chi connectivity index (χ0n) is 13.5. The van der Waals surface area contributed by atoms with Gasteiger partial charge in [0.1, 0.15) is 12.2 Å². The first-order valence-corrected chi connectivity index (χ1v) is 7.39. The van der Waals surface area contributed by atoms with E-state index in [-0.39, 0.29) is 35.4 Å². The molecule has 0 aromatic rings. The van der Waals surface area contributed by atoms with Crippen LogP contribution < -0.4 is 0 Å². The molecule has 0 aromatic carbocycles. The molecule has 2 rings (SSSR count). The minimum atomic E-state index is -0.255. The number of amides is 1. The summed E-state index contributed by atoms with van der Waals surface area (Å²) >= 11 is 0. The van der Waals surface area contributed by atoms with Gasteiger partial charge in [0.25, 0.3) is 0 Å². The Kier molecular flexibility index (Phi) is 4.00. The second-order valence-electron chi connectivity index (χ2n) is 7.63. The Balaban J connectivity index is 2.22. The Morgan fingerprint density at radius 1 is 1.10 bits per heavy atom. The molecule has 0 unspecified atom stereocenters. The third-order valence-electron chi connectivity index (χ3n) is 3.38. The molecule has 2 aliphatic rings. The number of hydrogen-bond donors (Lipinski definition) is 0. The molecule has 0 N–H and O–H groups in total. The Morgan fingerprint density at radius 2 is 1.70 bits per heavy atom. The molecule has 0 bridgehead atoms. The number of nitrogens with zero attached hydrogens (tertiary/aromatic N) is 1. The molecule has 3 atom stereocenters. The Hall–Kier alpha value is -0.870. The number of carbonyl (C=O) groups is 1. The average molecular weight is 281 g/mol.